The lowest BCUT2D eigenvalue weighted by molar-refractivity contribution is -0.153. The minimum atomic E-state index is -1.88. The molecule has 0 amide bonds. The van der Waals surface area contributed by atoms with Gasteiger partial charge in [-0.2, -0.15) is 0 Å². The van der Waals surface area contributed by atoms with Gasteiger partial charge in [0.1, 0.15) is 6.10 Å². The molecular formula is C20H38O4Si. The summed E-state index contributed by atoms with van der Waals surface area (Å²) in [5.41, 5.74) is 0. The minimum Gasteiger partial charge on any atom is -0.411 e. The molecule has 1 heterocycles. The van der Waals surface area contributed by atoms with Crippen molar-refractivity contribution < 1.29 is 19.0 Å². The van der Waals surface area contributed by atoms with E-state index in [2.05, 4.69) is 47.4 Å². The van der Waals surface area contributed by atoms with Crippen LogP contribution in [0.2, 0.25) is 18.1 Å². The van der Waals surface area contributed by atoms with Crippen molar-refractivity contribution in [1.82, 2.24) is 0 Å². The van der Waals surface area contributed by atoms with Gasteiger partial charge in [-0.25, -0.2) is 0 Å². The van der Waals surface area contributed by atoms with Gasteiger partial charge < -0.3 is 19.0 Å². The second-order valence-corrected chi connectivity index (χ2v) is 13.7. The summed E-state index contributed by atoms with van der Waals surface area (Å²) in [5.74, 6) is -0.617. The highest BCUT2D eigenvalue weighted by Gasteiger charge is 2.47. The predicted molar refractivity (Wildman–Crippen MR) is 106 cm³/mol. The molecule has 4 nitrogen and oxygen atoms in total. The van der Waals surface area contributed by atoms with Gasteiger partial charge >= 0.3 is 0 Å². The zero-order chi connectivity index (χ0) is 19.5. The van der Waals surface area contributed by atoms with Crippen molar-refractivity contribution in [3.63, 3.8) is 0 Å². The highest BCUT2D eigenvalue weighted by atomic mass is 28.4. The van der Waals surface area contributed by atoms with E-state index in [1.54, 1.807) is 12.2 Å². The molecule has 0 aromatic heterocycles. The Bertz CT molecular complexity index is 465. The van der Waals surface area contributed by atoms with Crippen molar-refractivity contribution >= 4 is 8.32 Å². The first kappa shape index (κ1) is 22.6. The summed E-state index contributed by atoms with van der Waals surface area (Å²) in [4.78, 5) is 0. The maximum absolute atomic E-state index is 9.79. The lowest BCUT2D eigenvalue weighted by atomic mass is 10.1. The molecule has 1 N–H and O–H groups in total. The Morgan fingerprint density at radius 1 is 1.28 bits per heavy atom. The summed E-state index contributed by atoms with van der Waals surface area (Å²) in [6, 6.07) is 0. The average Bonchev–Trinajstić information content (AvgIpc) is 2.72. The largest absolute Gasteiger partial charge is 0.411 e. The minimum absolute atomic E-state index is 0.0424. The van der Waals surface area contributed by atoms with Crippen LogP contribution in [0.1, 0.15) is 54.4 Å². The third kappa shape index (κ3) is 6.64. The molecule has 0 unspecified atom stereocenters. The molecule has 1 rings (SSSR count). The average molecular weight is 371 g/mol. The van der Waals surface area contributed by atoms with E-state index in [4.69, 9.17) is 13.9 Å². The molecule has 4 atom stereocenters. The van der Waals surface area contributed by atoms with Crippen LogP contribution in [0.15, 0.2) is 24.8 Å². The van der Waals surface area contributed by atoms with Crippen LogP contribution in [0.3, 0.4) is 0 Å². The normalized spacial score (nSPS) is 26.8. The molecule has 0 saturated carbocycles. The van der Waals surface area contributed by atoms with E-state index in [1.165, 1.54) is 0 Å². The first-order valence-corrected chi connectivity index (χ1v) is 12.2. The zero-order valence-electron chi connectivity index (χ0n) is 17.3. The summed E-state index contributed by atoms with van der Waals surface area (Å²) in [6.45, 7) is 20.8. The van der Waals surface area contributed by atoms with E-state index in [9.17, 15) is 5.11 Å². The van der Waals surface area contributed by atoms with Gasteiger partial charge in [-0.3, -0.25) is 0 Å². The molecule has 1 aliphatic heterocycles. The van der Waals surface area contributed by atoms with Gasteiger partial charge in [-0.15, -0.1) is 6.58 Å². The SMILES string of the molecule is C=CC[C@@H](O)/C=C/C[C@H]1OC(C)(C)O[C@@H]1[C@@H](C)O[Si](C)(C)C(C)(C)C. The van der Waals surface area contributed by atoms with E-state index in [0.717, 1.165) is 0 Å². The molecule has 0 aromatic carbocycles. The van der Waals surface area contributed by atoms with Crippen molar-refractivity contribution in [3.8, 4) is 0 Å². The molecule has 1 saturated heterocycles. The van der Waals surface area contributed by atoms with Crippen LogP contribution >= 0.6 is 0 Å². The van der Waals surface area contributed by atoms with E-state index in [-0.39, 0.29) is 23.4 Å². The van der Waals surface area contributed by atoms with Gasteiger partial charge in [0.25, 0.3) is 0 Å². The molecule has 0 radical (unpaired) electrons. The summed E-state index contributed by atoms with van der Waals surface area (Å²) in [6.07, 6.45) is 5.98. The van der Waals surface area contributed by atoms with Crippen molar-refractivity contribution in [3.05, 3.63) is 24.8 Å². The summed E-state index contributed by atoms with van der Waals surface area (Å²) in [5, 5.41) is 9.95. The van der Waals surface area contributed by atoms with Crippen LogP contribution in [0, 0.1) is 0 Å². The Hall–Kier alpha value is -0.463. The van der Waals surface area contributed by atoms with Gasteiger partial charge in [0.15, 0.2) is 14.1 Å². The number of hydrogen-bond donors (Lipinski definition) is 1. The van der Waals surface area contributed by atoms with Crippen LogP contribution in [-0.2, 0) is 13.9 Å². The van der Waals surface area contributed by atoms with Crippen molar-refractivity contribution in [1.29, 1.82) is 0 Å². The van der Waals surface area contributed by atoms with Gasteiger partial charge in [0.2, 0.25) is 0 Å². The molecule has 0 aliphatic carbocycles. The smallest absolute Gasteiger partial charge is 0.192 e. The molecule has 1 fully saturated rings. The lowest BCUT2D eigenvalue weighted by Gasteiger charge is -2.40. The maximum Gasteiger partial charge on any atom is 0.192 e. The van der Waals surface area contributed by atoms with Crippen LogP contribution in [0.25, 0.3) is 0 Å². The quantitative estimate of drug-likeness (QED) is 0.492. The first-order valence-electron chi connectivity index (χ1n) is 9.28. The molecule has 0 aromatic rings. The monoisotopic (exact) mass is 370 g/mol. The number of rotatable bonds is 8. The molecule has 146 valence electrons. The van der Waals surface area contributed by atoms with Gasteiger partial charge in [0, 0.05) is 0 Å². The Labute approximate surface area is 155 Å². The number of aliphatic hydroxyl groups excluding tert-OH is 1. The molecule has 25 heavy (non-hydrogen) atoms. The van der Waals surface area contributed by atoms with Crippen LogP contribution < -0.4 is 0 Å². The molecule has 0 bridgehead atoms. The highest BCUT2D eigenvalue weighted by molar-refractivity contribution is 6.74. The third-order valence-electron chi connectivity index (χ3n) is 5.11. The third-order valence-corrected chi connectivity index (χ3v) is 9.68. The number of ether oxygens (including phenoxy) is 2. The van der Waals surface area contributed by atoms with E-state index < -0.39 is 20.2 Å². The Morgan fingerprint density at radius 2 is 1.88 bits per heavy atom. The van der Waals surface area contributed by atoms with E-state index in [0.29, 0.717) is 12.8 Å². The molecule has 1 aliphatic rings. The highest BCUT2D eigenvalue weighted by Crippen LogP contribution is 2.40. The first-order chi connectivity index (χ1) is 11.3. The van der Waals surface area contributed by atoms with Crippen LogP contribution in [0.4, 0.5) is 0 Å². The zero-order valence-corrected chi connectivity index (χ0v) is 18.3. The number of aliphatic hydroxyl groups is 1. The van der Waals surface area contributed by atoms with E-state index in [1.807, 2.05) is 19.9 Å². The van der Waals surface area contributed by atoms with Crippen molar-refractivity contribution in [2.45, 2.75) is 103 Å². The predicted octanol–water partition coefficient (Wildman–Crippen LogP) is 4.80. The van der Waals surface area contributed by atoms with Crippen molar-refractivity contribution in [2.24, 2.45) is 0 Å². The molecule has 0 spiro atoms. The lowest BCUT2D eigenvalue weighted by Crippen LogP contribution is -2.48. The van der Waals surface area contributed by atoms with Gasteiger partial charge in [-0.1, -0.05) is 39.0 Å². The fourth-order valence-electron chi connectivity index (χ4n) is 2.77. The molecule has 5 heteroatoms. The fraction of sp³-hybridized carbons (Fsp3) is 0.800. The second-order valence-electron chi connectivity index (χ2n) is 8.98. The maximum atomic E-state index is 9.79. The van der Waals surface area contributed by atoms with Gasteiger partial charge in [-0.05, 0) is 51.7 Å². The molecular weight excluding hydrogens is 332 g/mol. The Morgan fingerprint density at radius 3 is 2.40 bits per heavy atom. The standard InChI is InChI=1S/C20H38O4Si/c1-10-12-16(21)13-11-14-17-18(23-20(6,7)22-17)15(2)24-25(8,9)19(3,4)5/h10-11,13,15-18,21H,1,12,14H2,2-9H3/b13-11+/t15-,16-,17-,18-/m1/s1. The van der Waals surface area contributed by atoms with E-state index >= 15 is 0 Å². The van der Waals surface area contributed by atoms with Crippen LogP contribution in [0.5, 0.6) is 0 Å². The topological polar surface area (TPSA) is 47.9 Å². The van der Waals surface area contributed by atoms with Crippen molar-refractivity contribution in [2.75, 3.05) is 0 Å². The Kier molecular flexibility index (Phi) is 7.66. The summed E-state index contributed by atoms with van der Waals surface area (Å²) in [7, 11) is -1.88. The summed E-state index contributed by atoms with van der Waals surface area (Å²) < 4.78 is 18.8. The van der Waals surface area contributed by atoms with Gasteiger partial charge in [0.05, 0.1) is 18.3 Å². The summed E-state index contributed by atoms with van der Waals surface area (Å²) >= 11 is 0. The Balaban J connectivity index is 2.78. The fourth-order valence-corrected chi connectivity index (χ4v) is 4.19. The number of hydrogen-bond acceptors (Lipinski definition) is 4. The van der Waals surface area contributed by atoms with Crippen LogP contribution in [-0.4, -0.2) is 43.6 Å². The second kappa shape index (κ2) is 8.48.